The molecule has 1 aromatic rings. The van der Waals surface area contributed by atoms with Crippen LogP contribution in [-0.2, 0) is 39.8 Å². The molecule has 2 rings (SSSR count). The zero-order chi connectivity index (χ0) is 33.0. The molecule has 0 aromatic heterocycles. The van der Waals surface area contributed by atoms with Crippen molar-refractivity contribution >= 4 is 23.9 Å². The summed E-state index contributed by atoms with van der Waals surface area (Å²) in [6.07, 6.45) is 0.193. The molecule has 0 unspecified atom stereocenters. The second-order valence-corrected chi connectivity index (χ2v) is 10.6. The van der Waals surface area contributed by atoms with Crippen molar-refractivity contribution in [2.45, 2.75) is 19.4 Å². The molecule has 15 heteroatoms. The van der Waals surface area contributed by atoms with Gasteiger partial charge in [0.2, 0.25) is 0 Å². The predicted octanol–water partition coefficient (Wildman–Crippen LogP) is -0.322. The van der Waals surface area contributed by atoms with E-state index in [-0.39, 0.29) is 52.2 Å². The van der Waals surface area contributed by atoms with Gasteiger partial charge in [-0.05, 0) is 31.0 Å². The maximum atomic E-state index is 12.6. The van der Waals surface area contributed by atoms with E-state index in [4.69, 9.17) is 18.9 Å². The quantitative estimate of drug-likeness (QED) is 0.140. The molecule has 0 saturated carbocycles. The highest BCUT2D eigenvalue weighted by molar-refractivity contribution is 5.74. The Bertz CT molecular complexity index is 1040. The number of esters is 1. The van der Waals surface area contributed by atoms with Crippen molar-refractivity contribution in [1.29, 1.82) is 0 Å². The minimum atomic E-state index is -1.03. The van der Waals surface area contributed by atoms with Crippen molar-refractivity contribution in [3.05, 3.63) is 29.8 Å². The summed E-state index contributed by atoms with van der Waals surface area (Å²) < 4.78 is 21.2. The number of carboxylic acids is 3. The second kappa shape index (κ2) is 21.4. The van der Waals surface area contributed by atoms with Gasteiger partial charge >= 0.3 is 23.9 Å². The van der Waals surface area contributed by atoms with Crippen LogP contribution in [0, 0.1) is 0 Å². The molecule has 1 aromatic carbocycles. The number of benzene rings is 1. The van der Waals surface area contributed by atoms with Gasteiger partial charge in [-0.3, -0.25) is 38.8 Å². The van der Waals surface area contributed by atoms with E-state index in [1.165, 1.54) is 7.11 Å². The standard InChI is InChI=1S/C30H48N4O11/c1-3-43-16-17-44-18-19-45-25-6-4-24(5-7-25)20-26(30(40)41)34-14-12-32(22-28(37)38)9-8-31(21-27(35)36)10-11-33(13-15-34)23-29(39)42-2/h4-7,26H,3,8-23H2,1-2H3,(H,35,36)(H,37,38)(H,40,41)/t26-/m0/s1. The molecule has 0 radical (unpaired) electrons. The third kappa shape index (κ3) is 16.0. The van der Waals surface area contributed by atoms with Crippen molar-refractivity contribution in [1.82, 2.24) is 19.6 Å². The molecule has 0 amide bonds. The van der Waals surface area contributed by atoms with E-state index in [1.807, 2.05) is 24.0 Å². The molecular formula is C30H48N4O11. The van der Waals surface area contributed by atoms with Crippen LogP contribution in [0.25, 0.3) is 0 Å². The van der Waals surface area contributed by atoms with E-state index in [0.717, 1.165) is 5.56 Å². The smallest absolute Gasteiger partial charge is 0.321 e. The van der Waals surface area contributed by atoms with Crippen LogP contribution in [0.5, 0.6) is 5.75 Å². The summed E-state index contributed by atoms with van der Waals surface area (Å²) in [5.41, 5.74) is 0.784. The molecule has 1 atom stereocenters. The van der Waals surface area contributed by atoms with Gasteiger partial charge in [-0.25, -0.2) is 0 Å². The highest BCUT2D eigenvalue weighted by atomic mass is 16.5. The lowest BCUT2D eigenvalue weighted by Gasteiger charge is -2.35. The first-order valence-electron chi connectivity index (χ1n) is 15.1. The lowest BCUT2D eigenvalue weighted by molar-refractivity contribution is -0.145. The fourth-order valence-electron chi connectivity index (χ4n) is 4.87. The zero-order valence-corrected chi connectivity index (χ0v) is 26.3. The summed E-state index contributed by atoms with van der Waals surface area (Å²) in [4.78, 5) is 54.7. The lowest BCUT2D eigenvalue weighted by atomic mass is 10.0. The van der Waals surface area contributed by atoms with Crippen molar-refractivity contribution in [2.24, 2.45) is 0 Å². The van der Waals surface area contributed by atoms with Crippen LogP contribution in [0.1, 0.15) is 12.5 Å². The minimum Gasteiger partial charge on any atom is -0.491 e. The average Bonchev–Trinajstić information content (AvgIpc) is 2.99. The molecule has 0 aliphatic carbocycles. The Hall–Kier alpha value is -3.34. The van der Waals surface area contributed by atoms with E-state index in [9.17, 15) is 34.5 Å². The van der Waals surface area contributed by atoms with E-state index in [1.54, 1.807) is 26.8 Å². The van der Waals surface area contributed by atoms with Crippen LogP contribution in [-0.4, -0.2) is 177 Å². The van der Waals surface area contributed by atoms with Crippen molar-refractivity contribution in [2.75, 3.05) is 112 Å². The van der Waals surface area contributed by atoms with Crippen LogP contribution in [0.15, 0.2) is 24.3 Å². The number of methoxy groups -OCH3 is 1. The summed E-state index contributed by atoms with van der Waals surface area (Å²) in [6, 6.07) is 6.26. The van der Waals surface area contributed by atoms with Crippen LogP contribution in [0.4, 0.5) is 0 Å². The Morgan fingerprint density at radius 2 is 1.20 bits per heavy atom. The normalized spacial score (nSPS) is 17.1. The number of hydrogen-bond donors (Lipinski definition) is 3. The molecule has 0 spiro atoms. The van der Waals surface area contributed by atoms with Crippen molar-refractivity contribution in [3.8, 4) is 5.75 Å². The molecule has 15 nitrogen and oxygen atoms in total. The molecule has 0 bridgehead atoms. The Kier molecular flexibility index (Phi) is 18.0. The van der Waals surface area contributed by atoms with Crippen molar-refractivity contribution < 1.29 is 53.4 Å². The number of carbonyl (C=O) groups is 4. The minimum absolute atomic E-state index is 0.0346. The highest BCUT2D eigenvalue weighted by Gasteiger charge is 2.28. The predicted molar refractivity (Wildman–Crippen MR) is 163 cm³/mol. The van der Waals surface area contributed by atoms with E-state index in [2.05, 4.69) is 0 Å². The van der Waals surface area contributed by atoms with Crippen LogP contribution in [0.2, 0.25) is 0 Å². The van der Waals surface area contributed by atoms with Gasteiger partial charge in [-0.1, -0.05) is 12.1 Å². The fourth-order valence-corrected chi connectivity index (χ4v) is 4.87. The van der Waals surface area contributed by atoms with E-state index in [0.29, 0.717) is 65.0 Å². The third-order valence-corrected chi connectivity index (χ3v) is 7.32. The van der Waals surface area contributed by atoms with Gasteiger partial charge in [-0.15, -0.1) is 0 Å². The SMILES string of the molecule is CCOCCOCCOc1ccc(C[C@@H](C(=O)O)N2CCN(CC(=O)O)CCN(CC(=O)O)CCN(CC(=O)OC)CC2)cc1. The maximum Gasteiger partial charge on any atom is 0.321 e. The van der Waals surface area contributed by atoms with Crippen LogP contribution in [0.3, 0.4) is 0 Å². The van der Waals surface area contributed by atoms with Crippen LogP contribution >= 0.6 is 0 Å². The van der Waals surface area contributed by atoms with Gasteiger partial charge in [0.05, 0.1) is 46.6 Å². The molecule has 1 aliphatic heterocycles. The van der Waals surface area contributed by atoms with Gasteiger partial charge < -0.3 is 34.3 Å². The lowest BCUT2D eigenvalue weighted by Crippen LogP contribution is -2.52. The summed E-state index contributed by atoms with van der Waals surface area (Å²) in [5, 5.41) is 29.1. The third-order valence-electron chi connectivity index (χ3n) is 7.32. The number of aliphatic carboxylic acids is 3. The van der Waals surface area contributed by atoms with Gasteiger partial charge in [0, 0.05) is 59.0 Å². The maximum absolute atomic E-state index is 12.6. The molecule has 1 heterocycles. The molecule has 1 aliphatic rings. The van der Waals surface area contributed by atoms with Gasteiger partial charge in [-0.2, -0.15) is 0 Å². The largest absolute Gasteiger partial charge is 0.491 e. The topological polar surface area (TPSA) is 179 Å². The first kappa shape index (κ1) is 37.8. The van der Waals surface area contributed by atoms with Crippen molar-refractivity contribution in [3.63, 3.8) is 0 Å². The average molecular weight is 641 g/mol. The Morgan fingerprint density at radius 1 is 0.711 bits per heavy atom. The summed E-state index contributed by atoms with van der Waals surface area (Å²) >= 11 is 0. The number of nitrogens with zero attached hydrogens (tertiary/aromatic N) is 4. The Morgan fingerprint density at radius 3 is 1.69 bits per heavy atom. The first-order valence-corrected chi connectivity index (χ1v) is 15.1. The summed E-state index contributed by atoms with van der Waals surface area (Å²) in [5.74, 6) is -2.89. The van der Waals surface area contributed by atoms with Gasteiger partial charge in [0.15, 0.2) is 0 Å². The first-order chi connectivity index (χ1) is 21.6. The van der Waals surface area contributed by atoms with E-state index < -0.39 is 29.9 Å². The highest BCUT2D eigenvalue weighted by Crippen LogP contribution is 2.16. The summed E-state index contributed by atoms with van der Waals surface area (Å²) in [7, 11) is 1.29. The number of ether oxygens (including phenoxy) is 4. The van der Waals surface area contributed by atoms with Gasteiger partial charge in [0.1, 0.15) is 18.4 Å². The van der Waals surface area contributed by atoms with Crippen LogP contribution < -0.4 is 4.74 Å². The van der Waals surface area contributed by atoms with E-state index >= 15 is 0 Å². The molecule has 3 N–H and O–H groups in total. The number of hydrogen-bond acceptors (Lipinski definition) is 12. The summed E-state index contributed by atoms with van der Waals surface area (Å²) in [6.45, 7) is 6.15. The van der Waals surface area contributed by atoms with Gasteiger partial charge in [0.25, 0.3) is 0 Å². The zero-order valence-electron chi connectivity index (χ0n) is 26.3. The fraction of sp³-hybridized carbons (Fsp3) is 0.667. The number of carbonyl (C=O) groups excluding carboxylic acids is 1. The second-order valence-electron chi connectivity index (χ2n) is 10.6. The Labute approximate surface area is 264 Å². The molecule has 1 saturated heterocycles. The Balaban J connectivity index is 2.15. The number of carboxylic acid groups (broad SMARTS) is 3. The molecule has 254 valence electrons. The molecule has 45 heavy (non-hydrogen) atoms. The molecular weight excluding hydrogens is 592 g/mol. The molecule has 1 fully saturated rings. The monoisotopic (exact) mass is 640 g/mol. The number of rotatable bonds is 18.